The van der Waals surface area contributed by atoms with Crippen molar-refractivity contribution in [2.24, 2.45) is 0 Å². The summed E-state index contributed by atoms with van der Waals surface area (Å²) in [6.07, 6.45) is 5.54. The van der Waals surface area contributed by atoms with E-state index in [-0.39, 0.29) is 0 Å². The summed E-state index contributed by atoms with van der Waals surface area (Å²) in [4.78, 5) is 2.37. The van der Waals surface area contributed by atoms with Crippen LogP contribution in [0.5, 0.6) is 0 Å². The Kier molecular flexibility index (Phi) is 5.35. The van der Waals surface area contributed by atoms with E-state index < -0.39 is 0 Å². The zero-order valence-electron chi connectivity index (χ0n) is 8.28. The summed E-state index contributed by atoms with van der Waals surface area (Å²) in [6, 6.07) is 0.411. The van der Waals surface area contributed by atoms with Gasteiger partial charge in [0.1, 0.15) is 0 Å². The van der Waals surface area contributed by atoms with Crippen molar-refractivity contribution in [2.45, 2.75) is 38.1 Å². The summed E-state index contributed by atoms with van der Waals surface area (Å²) < 4.78 is 0. The minimum atomic E-state index is 0.306. The maximum Gasteiger partial charge on any atom is 0.0586 e. The number of likely N-dealkylation sites (tertiary alicyclic amines) is 1. The summed E-state index contributed by atoms with van der Waals surface area (Å²) in [5.41, 5.74) is 0. The highest BCUT2D eigenvalue weighted by Crippen LogP contribution is 2.17. The SMILES string of the molecule is OCCCCCN1CCC[C@H]1CO. The van der Waals surface area contributed by atoms with E-state index in [9.17, 15) is 0 Å². The molecule has 0 radical (unpaired) electrons. The first kappa shape index (κ1) is 11.0. The molecule has 1 heterocycles. The number of rotatable bonds is 6. The Morgan fingerprint density at radius 2 is 2.00 bits per heavy atom. The lowest BCUT2D eigenvalue weighted by molar-refractivity contribution is 0.156. The van der Waals surface area contributed by atoms with Crippen LogP contribution in [0.1, 0.15) is 32.1 Å². The smallest absolute Gasteiger partial charge is 0.0586 e. The van der Waals surface area contributed by atoms with Gasteiger partial charge < -0.3 is 10.2 Å². The number of nitrogens with zero attached hydrogens (tertiary/aromatic N) is 1. The van der Waals surface area contributed by atoms with E-state index in [0.29, 0.717) is 19.3 Å². The second-order valence-electron chi connectivity index (χ2n) is 3.80. The van der Waals surface area contributed by atoms with Crippen molar-refractivity contribution >= 4 is 0 Å². The topological polar surface area (TPSA) is 43.7 Å². The van der Waals surface area contributed by atoms with E-state index in [2.05, 4.69) is 4.90 Å². The van der Waals surface area contributed by atoms with Crippen molar-refractivity contribution in [3.05, 3.63) is 0 Å². The second-order valence-corrected chi connectivity index (χ2v) is 3.80. The van der Waals surface area contributed by atoms with Crippen molar-refractivity contribution in [1.82, 2.24) is 4.90 Å². The average Bonchev–Trinajstić information content (AvgIpc) is 2.60. The lowest BCUT2D eigenvalue weighted by Gasteiger charge is -2.22. The molecule has 0 saturated carbocycles. The molecule has 0 aromatic rings. The third-order valence-electron chi connectivity index (χ3n) is 2.81. The van der Waals surface area contributed by atoms with Crippen LogP contribution in [0, 0.1) is 0 Å². The standard InChI is InChI=1S/C10H21NO2/c12-8-3-1-2-6-11-7-4-5-10(11)9-13/h10,12-13H,1-9H2/t10-/m0/s1. The molecule has 78 valence electrons. The van der Waals surface area contributed by atoms with Crippen LogP contribution in [0.2, 0.25) is 0 Å². The highest BCUT2D eigenvalue weighted by molar-refractivity contribution is 4.77. The quantitative estimate of drug-likeness (QED) is 0.599. The number of aliphatic hydroxyl groups excluding tert-OH is 2. The van der Waals surface area contributed by atoms with Gasteiger partial charge in [-0.2, -0.15) is 0 Å². The van der Waals surface area contributed by atoms with Crippen LogP contribution < -0.4 is 0 Å². The number of unbranched alkanes of at least 4 members (excludes halogenated alkanes) is 2. The molecule has 1 saturated heterocycles. The highest BCUT2D eigenvalue weighted by atomic mass is 16.3. The molecule has 2 N–H and O–H groups in total. The van der Waals surface area contributed by atoms with Gasteiger partial charge in [0.05, 0.1) is 6.61 Å². The Bertz CT molecular complexity index is 130. The summed E-state index contributed by atoms with van der Waals surface area (Å²) >= 11 is 0. The Hall–Kier alpha value is -0.120. The van der Waals surface area contributed by atoms with Crippen LogP contribution in [0.3, 0.4) is 0 Å². The first-order valence-corrected chi connectivity index (χ1v) is 5.34. The third kappa shape index (κ3) is 3.63. The van der Waals surface area contributed by atoms with Crippen LogP contribution >= 0.6 is 0 Å². The fourth-order valence-corrected chi connectivity index (χ4v) is 2.00. The summed E-state index contributed by atoms with van der Waals surface area (Å²) in [7, 11) is 0. The number of hydrogen-bond acceptors (Lipinski definition) is 3. The van der Waals surface area contributed by atoms with Gasteiger partial charge in [-0.05, 0) is 45.2 Å². The minimum Gasteiger partial charge on any atom is -0.396 e. The van der Waals surface area contributed by atoms with Crippen molar-refractivity contribution in [3.63, 3.8) is 0 Å². The Balaban J connectivity index is 2.06. The molecule has 0 aromatic carbocycles. The molecule has 13 heavy (non-hydrogen) atoms. The molecular weight excluding hydrogens is 166 g/mol. The van der Waals surface area contributed by atoms with Gasteiger partial charge in [-0.1, -0.05) is 0 Å². The molecule has 3 heteroatoms. The first-order chi connectivity index (χ1) is 6.38. The lowest BCUT2D eigenvalue weighted by Crippen LogP contribution is -2.32. The van der Waals surface area contributed by atoms with E-state index in [0.717, 1.165) is 38.8 Å². The molecular formula is C10H21NO2. The molecule has 0 amide bonds. The summed E-state index contributed by atoms with van der Waals surface area (Å²) in [6.45, 7) is 2.85. The summed E-state index contributed by atoms with van der Waals surface area (Å²) in [5, 5.41) is 17.7. The van der Waals surface area contributed by atoms with Crippen LogP contribution in [-0.2, 0) is 0 Å². The first-order valence-electron chi connectivity index (χ1n) is 5.34. The number of hydrogen-bond donors (Lipinski definition) is 2. The Morgan fingerprint density at radius 1 is 1.15 bits per heavy atom. The van der Waals surface area contributed by atoms with E-state index in [1.807, 2.05) is 0 Å². The van der Waals surface area contributed by atoms with Gasteiger partial charge in [0, 0.05) is 12.6 Å². The molecule has 1 aliphatic rings. The van der Waals surface area contributed by atoms with Gasteiger partial charge in [0.15, 0.2) is 0 Å². The van der Waals surface area contributed by atoms with Crippen molar-refractivity contribution < 1.29 is 10.2 Å². The molecule has 1 fully saturated rings. The van der Waals surface area contributed by atoms with E-state index >= 15 is 0 Å². The monoisotopic (exact) mass is 187 g/mol. The van der Waals surface area contributed by atoms with Gasteiger partial charge in [-0.15, -0.1) is 0 Å². The average molecular weight is 187 g/mol. The van der Waals surface area contributed by atoms with Crippen molar-refractivity contribution in [2.75, 3.05) is 26.3 Å². The molecule has 1 rings (SSSR count). The fourth-order valence-electron chi connectivity index (χ4n) is 2.00. The molecule has 1 aliphatic heterocycles. The predicted octanol–water partition coefficient (Wildman–Crippen LogP) is 0.606. The molecule has 0 bridgehead atoms. The lowest BCUT2D eigenvalue weighted by atomic mass is 10.2. The van der Waals surface area contributed by atoms with E-state index in [1.54, 1.807) is 0 Å². The highest BCUT2D eigenvalue weighted by Gasteiger charge is 2.22. The molecule has 0 aliphatic carbocycles. The van der Waals surface area contributed by atoms with Crippen molar-refractivity contribution in [1.29, 1.82) is 0 Å². The van der Waals surface area contributed by atoms with E-state index in [1.165, 1.54) is 6.42 Å². The molecule has 0 unspecified atom stereocenters. The van der Waals surface area contributed by atoms with Crippen LogP contribution in [0.4, 0.5) is 0 Å². The molecule has 0 aromatic heterocycles. The summed E-state index contributed by atoms with van der Waals surface area (Å²) in [5.74, 6) is 0. The molecule has 1 atom stereocenters. The molecule has 3 nitrogen and oxygen atoms in total. The fraction of sp³-hybridized carbons (Fsp3) is 1.00. The van der Waals surface area contributed by atoms with E-state index in [4.69, 9.17) is 10.2 Å². The molecule has 0 spiro atoms. The van der Waals surface area contributed by atoms with Gasteiger partial charge in [0.2, 0.25) is 0 Å². The largest absolute Gasteiger partial charge is 0.396 e. The van der Waals surface area contributed by atoms with Gasteiger partial charge in [-0.3, -0.25) is 4.90 Å². The normalized spacial score (nSPS) is 24.0. The zero-order chi connectivity index (χ0) is 9.52. The van der Waals surface area contributed by atoms with Crippen LogP contribution in [0.25, 0.3) is 0 Å². The van der Waals surface area contributed by atoms with Crippen LogP contribution in [0.15, 0.2) is 0 Å². The second kappa shape index (κ2) is 6.35. The predicted molar refractivity (Wildman–Crippen MR) is 52.6 cm³/mol. The van der Waals surface area contributed by atoms with Gasteiger partial charge in [0.25, 0.3) is 0 Å². The van der Waals surface area contributed by atoms with Crippen LogP contribution in [-0.4, -0.2) is 47.5 Å². The maximum atomic E-state index is 9.06. The van der Waals surface area contributed by atoms with Gasteiger partial charge >= 0.3 is 0 Å². The zero-order valence-corrected chi connectivity index (χ0v) is 8.28. The Morgan fingerprint density at radius 3 is 2.69 bits per heavy atom. The van der Waals surface area contributed by atoms with Gasteiger partial charge in [-0.25, -0.2) is 0 Å². The minimum absolute atomic E-state index is 0.306. The Labute approximate surface area is 80.4 Å². The third-order valence-corrected chi connectivity index (χ3v) is 2.81. The van der Waals surface area contributed by atoms with Crippen molar-refractivity contribution in [3.8, 4) is 0 Å². The number of aliphatic hydroxyl groups is 2. The maximum absolute atomic E-state index is 9.06.